The number of benzene rings is 1. The molecule has 0 saturated carbocycles. The quantitative estimate of drug-likeness (QED) is 0.917. The van der Waals surface area contributed by atoms with Crippen LogP contribution in [0, 0.1) is 5.92 Å². The molecule has 1 N–H and O–H groups in total. The number of nitrogens with one attached hydrogen (secondary N) is 1. The Morgan fingerprint density at radius 3 is 2.88 bits per heavy atom. The molecule has 3 rings (SSSR count). The highest BCUT2D eigenvalue weighted by Crippen LogP contribution is 2.35. The summed E-state index contributed by atoms with van der Waals surface area (Å²) in [5, 5.41) is 7.34. The first-order chi connectivity index (χ1) is 11.5. The number of halogens is 1. The van der Waals surface area contributed by atoms with E-state index < -0.39 is 5.92 Å². The smallest absolute Gasteiger partial charge is 0.231 e. The average Bonchev–Trinajstić information content (AvgIpc) is 3.13. The monoisotopic (exact) mass is 348 g/mol. The van der Waals surface area contributed by atoms with Gasteiger partial charge in [-0.05, 0) is 18.2 Å². The van der Waals surface area contributed by atoms with E-state index in [0.717, 1.165) is 0 Å². The molecule has 2 amide bonds. The number of methoxy groups -OCH3 is 1. The third-order valence-corrected chi connectivity index (χ3v) is 4.13. The number of carbonyl (C=O) groups is 2. The molecule has 7 nitrogen and oxygen atoms in total. The average molecular weight is 349 g/mol. The van der Waals surface area contributed by atoms with Gasteiger partial charge in [0.2, 0.25) is 11.8 Å². The van der Waals surface area contributed by atoms with Crippen LogP contribution in [0.4, 0.5) is 11.5 Å². The molecule has 1 aromatic heterocycles. The second-order valence-electron chi connectivity index (χ2n) is 5.59. The van der Waals surface area contributed by atoms with E-state index in [-0.39, 0.29) is 24.8 Å². The van der Waals surface area contributed by atoms with E-state index in [4.69, 9.17) is 16.3 Å². The number of aryl methyl sites for hydroxylation is 1. The maximum atomic E-state index is 12.4. The Bertz CT molecular complexity index is 789. The summed E-state index contributed by atoms with van der Waals surface area (Å²) in [6.45, 7) is 0.272. The lowest BCUT2D eigenvalue weighted by atomic mass is 10.1. The summed E-state index contributed by atoms with van der Waals surface area (Å²) in [6.07, 6.45) is 1.87. The molecule has 0 radical (unpaired) electrons. The normalized spacial score (nSPS) is 17.2. The highest BCUT2D eigenvalue weighted by atomic mass is 35.5. The molecule has 0 spiro atoms. The first kappa shape index (κ1) is 16.3. The van der Waals surface area contributed by atoms with Crippen molar-refractivity contribution in [2.75, 3.05) is 23.9 Å². The number of rotatable bonds is 4. The number of ether oxygens (including phenoxy) is 1. The minimum absolute atomic E-state index is 0.133. The fraction of sp³-hybridized carbons (Fsp3) is 0.312. The van der Waals surface area contributed by atoms with Gasteiger partial charge in [0, 0.05) is 37.3 Å². The lowest BCUT2D eigenvalue weighted by Gasteiger charge is -2.19. The highest BCUT2D eigenvalue weighted by molar-refractivity contribution is 6.31. The molecule has 0 aliphatic carbocycles. The van der Waals surface area contributed by atoms with Crippen LogP contribution in [-0.4, -0.2) is 35.2 Å². The summed E-state index contributed by atoms with van der Waals surface area (Å²) in [7, 11) is 3.29. The largest absolute Gasteiger partial charge is 0.495 e. The van der Waals surface area contributed by atoms with Crippen molar-refractivity contribution in [3.05, 3.63) is 35.5 Å². The number of hydrogen-bond acceptors (Lipinski definition) is 4. The number of carbonyl (C=O) groups excluding carboxylic acids is 2. The minimum atomic E-state index is -0.455. The van der Waals surface area contributed by atoms with Crippen molar-refractivity contribution in [3.8, 4) is 5.75 Å². The molecule has 24 heavy (non-hydrogen) atoms. The van der Waals surface area contributed by atoms with Crippen LogP contribution in [0.5, 0.6) is 5.75 Å². The van der Waals surface area contributed by atoms with E-state index in [2.05, 4.69) is 10.4 Å². The van der Waals surface area contributed by atoms with Crippen LogP contribution in [-0.2, 0) is 16.6 Å². The Labute approximate surface area is 144 Å². The first-order valence-electron chi connectivity index (χ1n) is 7.42. The van der Waals surface area contributed by atoms with Crippen LogP contribution in [0.2, 0.25) is 5.02 Å². The molecular formula is C16H17ClN4O3. The highest BCUT2D eigenvalue weighted by Gasteiger charge is 2.36. The van der Waals surface area contributed by atoms with Crippen molar-refractivity contribution in [1.29, 1.82) is 0 Å². The van der Waals surface area contributed by atoms with Crippen LogP contribution >= 0.6 is 11.6 Å². The number of nitrogens with zero attached hydrogens (tertiary/aromatic N) is 3. The number of aromatic nitrogens is 2. The van der Waals surface area contributed by atoms with Gasteiger partial charge in [0.05, 0.1) is 18.7 Å². The van der Waals surface area contributed by atoms with Gasteiger partial charge in [-0.25, -0.2) is 0 Å². The van der Waals surface area contributed by atoms with Crippen molar-refractivity contribution in [1.82, 2.24) is 9.78 Å². The predicted octanol–water partition coefficient (Wildman–Crippen LogP) is 2.07. The van der Waals surface area contributed by atoms with E-state index in [1.54, 1.807) is 42.2 Å². The Hall–Kier alpha value is -2.54. The topological polar surface area (TPSA) is 76.5 Å². The zero-order valence-electron chi connectivity index (χ0n) is 13.3. The van der Waals surface area contributed by atoms with E-state index in [0.29, 0.717) is 22.3 Å². The molecule has 1 saturated heterocycles. The van der Waals surface area contributed by atoms with Crippen molar-refractivity contribution in [2.24, 2.45) is 13.0 Å². The lowest BCUT2D eigenvalue weighted by Crippen LogP contribution is -2.28. The summed E-state index contributed by atoms with van der Waals surface area (Å²) in [4.78, 5) is 26.3. The van der Waals surface area contributed by atoms with Gasteiger partial charge in [-0.15, -0.1) is 0 Å². The Morgan fingerprint density at radius 2 is 2.21 bits per heavy atom. The van der Waals surface area contributed by atoms with Gasteiger partial charge in [-0.2, -0.15) is 5.10 Å². The van der Waals surface area contributed by atoms with Crippen LogP contribution in [0.3, 0.4) is 0 Å². The first-order valence-corrected chi connectivity index (χ1v) is 7.80. The van der Waals surface area contributed by atoms with Gasteiger partial charge in [0.15, 0.2) is 5.82 Å². The number of amides is 2. The van der Waals surface area contributed by atoms with Gasteiger partial charge >= 0.3 is 0 Å². The molecule has 1 aliphatic rings. The molecule has 1 atom stereocenters. The van der Waals surface area contributed by atoms with Gasteiger partial charge in [0.25, 0.3) is 0 Å². The third-order valence-electron chi connectivity index (χ3n) is 3.89. The zero-order valence-corrected chi connectivity index (χ0v) is 14.1. The van der Waals surface area contributed by atoms with Gasteiger partial charge in [0.1, 0.15) is 5.75 Å². The van der Waals surface area contributed by atoms with Crippen molar-refractivity contribution in [3.63, 3.8) is 0 Å². The van der Waals surface area contributed by atoms with E-state index >= 15 is 0 Å². The van der Waals surface area contributed by atoms with E-state index in [1.807, 2.05) is 0 Å². The molecule has 8 heteroatoms. The molecule has 2 aromatic rings. The van der Waals surface area contributed by atoms with E-state index in [1.165, 1.54) is 12.0 Å². The van der Waals surface area contributed by atoms with Gasteiger partial charge in [-0.3, -0.25) is 14.3 Å². The molecule has 1 fully saturated rings. The third kappa shape index (κ3) is 3.21. The van der Waals surface area contributed by atoms with Crippen LogP contribution < -0.4 is 15.0 Å². The van der Waals surface area contributed by atoms with Crippen LogP contribution in [0.1, 0.15) is 6.42 Å². The second-order valence-corrected chi connectivity index (χ2v) is 6.02. The Morgan fingerprint density at radius 1 is 1.42 bits per heavy atom. The summed E-state index contributed by atoms with van der Waals surface area (Å²) in [5.41, 5.74) is 0.572. The molecule has 0 bridgehead atoms. The van der Waals surface area contributed by atoms with Crippen molar-refractivity contribution in [2.45, 2.75) is 6.42 Å². The van der Waals surface area contributed by atoms with Crippen LogP contribution in [0.15, 0.2) is 30.5 Å². The lowest BCUT2D eigenvalue weighted by molar-refractivity contribution is -0.122. The number of anilines is 2. The summed E-state index contributed by atoms with van der Waals surface area (Å²) < 4.78 is 6.89. The molecule has 126 valence electrons. The van der Waals surface area contributed by atoms with Crippen molar-refractivity contribution >= 4 is 34.9 Å². The maximum Gasteiger partial charge on any atom is 0.231 e. The maximum absolute atomic E-state index is 12.4. The molecule has 1 aromatic carbocycles. The summed E-state index contributed by atoms with van der Waals surface area (Å²) in [6, 6.07) is 6.76. The second kappa shape index (κ2) is 6.52. The number of hydrogen-bond donors (Lipinski definition) is 1. The Balaban J connectivity index is 1.76. The SMILES string of the molecule is COc1ccc(Cl)cc1N1C[C@H](C(=O)Nc2ccn(C)n2)CC1=O. The fourth-order valence-corrected chi connectivity index (χ4v) is 2.87. The van der Waals surface area contributed by atoms with Gasteiger partial charge < -0.3 is 15.0 Å². The summed E-state index contributed by atoms with van der Waals surface area (Å²) >= 11 is 6.03. The molecule has 0 unspecified atom stereocenters. The standard InChI is InChI=1S/C16H17ClN4O3/c1-20-6-5-14(19-20)18-16(23)10-7-15(22)21(9-10)12-8-11(17)3-4-13(12)24-2/h3-6,8,10H,7,9H2,1-2H3,(H,18,19,23)/t10-/m1/s1. The molecule has 2 heterocycles. The van der Waals surface area contributed by atoms with E-state index in [9.17, 15) is 9.59 Å². The molecule has 1 aliphatic heterocycles. The van der Waals surface area contributed by atoms with Crippen molar-refractivity contribution < 1.29 is 14.3 Å². The van der Waals surface area contributed by atoms with Crippen LogP contribution in [0.25, 0.3) is 0 Å². The zero-order chi connectivity index (χ0) is 17.3. The minimum Gasteiger partial charge on any atom is -0.495 e. The fourth-order valence-electron chi connectivity index (χ4n) is 2.70. The predicted molar refractivity (Wildman–Crippen MR) is 90.3 cm³/mol. The van der Waals surface area contributed by atoms with Gasteiger partial charge in [-0.1, -0.05) is 11.6 Å². The Kier molecular flexibility index (Phi) is 4.44. The molecular weight excluding hydrogens is 332 g/mol. The summed E-state index contributed by atoms with van der Waals surface area (Å²) in [5.74, 6) is 0.178.